The Labute approximate surface area is 151 Å². The summed E-state index contributed by atoms with van der Waals surface area (Å²) in [5.74, 6) is 0.946. The van der Waals surface area contributed by atoms with E-state index in [9.17, 15) is 10.1 Å². The topological polar surface area (TPSA) is 60.2 Å². The lowest BCUT2D eigenvalue weighted by atomic mass is 10.1. The van der Waals surface area contributed by atoms with Gasteiger partial charge in [0, 0.05) is 37.3 Å². The second-order valence-corrected chi connectivity index (χ2v) is 7.46. The van der Waals surface area contributed by atoms with Crippen LogP contribution in [0.25, 0.3) is 0 Å². The minimum atomic E-state index is -0.00605. The molecule has 0 radical (unpaired) electrons. The number of hydrogen-bond acceptors (Lipinski definition) is 5. The van der Waals surface area contributed by atoms with E-state index in [1.807, 2.05) is 17.0 Å². The minimum Gasteiger partial charge on any atom is -0.352 e. The van der Waals surface area contributed by atoms with Crippen molar-refractivity contribution in [1.82, 2.24) is 9.88 Å². The number of aromatic nitrogens is 1. The molecule has 2 aromatic rings. The highest BCUT2D eigenvalue weighted by Crippen LogP contribution is 2.37. The van der Waals surface area contributed by atoms with E-state index >= 15 is 0 Å². The highest BCUT2D eigenvalue weighted by atomic mass is 32.2. The zero-order valence-corrected chi connectivity index (χ0v) is 14.6. The van der Waals surface area contributed by atoms with Crippen molar-refractivity contribution in [1.29, 1.82) is 5.26 Å². The summed E-state index contributed by atoms with van der Waals surface area (Å²) in [4.78, 5) is 22.5. The van der Waals surface area contributed by atoms with Crippen LogP contribution in [0.1, 0.15) is 11.1 Å². The third kappa shape index (κ3) is 3.08. The van der Waals surface area contributed by atoms with E-state index < -0.39 is 0 Å². The van der Waals surface area contributed by atoms with E-state index in [1.165, 1.54) is 10.5 Å². The van der Waals surface area contributed by atoms with Crippen molar-refractivity contribution in [3.63, 3.8) is 0 Å². The van der Waals surface area contributed by atoms with Gasteiger partial charge in [-0.2, -0.15) is 5.26 Å². The molecule has 2 aliphatic rings. The molecule has 0 spiro atoms. The standard InChI is InChI=1S/C19H18N4OS/c20-13-15-5-3-7-21-18(15)22-8-10-23(11-9-22)19(24)17-12-14-4-1-2-6-16(14)25-17/h1-7,17H,8-12H2. The predicted octanol–water partition coefficient (Wildman–Crippen LogP) is 2.32. The summed E-state index contributed by atoms with van der Waals surface area (Å²) in [6.07, 6.45) is 2.53. The van der Waals surface area contributed by atoms with Crippen molar-refractivity contribution in [2.45, 2.75) is 16.6 Å². The van der Waals surface area contributed by atoms with Gasteiger partial charge in [0.25, 0.3) is 0 Å². The fourth-order valence-corrected chi connectivity index (χ4v) is 4.68. The summed E-state index contributed by atoms with van der Waals surface area (Å²) in [6.45, 7) is 2.77. The van der Waals surface area contributed by atoms with Crippen molar-refractivity contribution in [3.8, 4) is 6.07 Å². The number of benzene rings is 1. The summed E-state index contributed by atoms with van der Waals surface area (Å²) < 4.78 is 0. The zero-order chi connectivity index (χ0) is 17.2. The van der Waals surface area contributed by atoms with Crippen molar-refractivity contribution in [2.75, 3.05) is 31.1 Å². The summed E-state index contributed by atoms with van der Waals surface area (Å²) in [5, 5.41) is 9.23. The van der Waals surface area contributed by atoms with Gasteiger partial charge in [-0.1, -0.05) is 18.2 Å². The van der Waals surface area contributed by atoms with Gasteiger partial charge in [-0.25, -0.2) is 4.98 Å². The first kappa shape index (κ1) is 16.0. The van der Waals surface area contributed by atoms with Gasteiger partial charge in [-0.15, -0.1) is 11.8 Å². The first-order chi connectivity index (χ1) is 12.3. The number of nitrogens with zero attached hydrogens (tertiary/aromatic N) is 4. The van der Waals surface area contributed by atoms with Gasteiger partial charge in [-0.05, 0) is 30.2 Å². The Kier molecular flexibility index (Phi) is 4.33. The molecule has 25 heavy (non-hydrogen) atoms. The van der Waals surface area contributed by atoms with Crippen molar-refractivity contribution in [3.05, 3.63) is 53.7 Å². The van der Waals surface area contributed by atoms with Gasteiger partial charge in [0.2, 0.25) is 5.91 Å². The number of thioether (sulfide) groups is 1. The smallest absolute Gasteiger partial charge is 0.236 e. The number of rotatable bonds is 2. The highest BCUT2D eigenvalue weighted by Gasteiger charge is 2.33. The molecule has 1 atom stereocenters. The quantitative estimate of drug-likeness (QED) is 0.832. The molecule has 0 N–H and O–H groups in total. The predicted molar refractivity (Wildman–Crippen MR) is 97.5 cm³/mol. The number of hydrogen-bond donors (Lipinski definition) is 0. The molecule has 126 valence electrons. The molecule has 1 aromatic carbocycles. The third-order valence-corrected chi connectivity index (χ3v) is 6.03. The lowest BCUT2D eigenvalue weighted by molar-refractivity contribution is -0.130. The van der Waals surface area contributed by atoms with Crippen molar-refractivity contribution in [2.24, 2.45) is 0 Å². The van der Waals surface area contributed by atoms with Crippen LogP contribution < -0.4 is 4.90 Å². The lowest BCUT2D eigenvalue weighted by Gasteiger charge is -2.36. The number of pyridine rings is 1. The summed E-state index contributed by atoms with van der Waals surface area (Å²) in [5.41, 5.74) is 1.86. The van der Waals surface area contributed by atoms with Crippen LogP contribution in [0, 0.1) is 11.3 Å². The number of anilines is 1. The van der Waals surface area contributed by atoms with Crippen LogP contribution in [-0.2, 0) is 11.2 Å². The average Bonchev–Trinajstić information content (AvgIpc) is 3.12. The van der Waals surface area contributed by atoms with Gasteiger partial charge >= 0.3 is 0 Å². The van der Waals surface area contributed by atoms with E-state index in [1.54, 1.807) is 30.1 Å². The number of fused-ring (bicyclic) bond motifs is 1. The second kappa shape index (κ2) is 6.77. The largest absolute Gasteiger partial charge is 0.352 e. The van der Waals surface area contributed by atoms with Crippen LogP contribution in [0.3, 0.4) is 0 Å². The molecule has 4 rings (SSSR count). The van der Waals surface area contributed by atoms with Crippen molar-refractivity contribution >= 4 is 23.5 Å². The minimum absolute atomic E-state index is 0.00605. The Morgan fingerprint density at radius 1 is 1.16 bits per heavy atom. The van der Waals surface area contributed by atoms with Crippen LogP contribution >= 0.6 is 11.8 Å². The molecule has 1 unspecified atom stereocenters. The van der Waals surface area contributed by atoms with Gasteiger partial charge in [0.1, 0.15) is 11.9 Å². The zero-order valence-electron chi connectivity index (χ0n) is 13.8. The maximum atomic E-state index is 12.9. The van der Waals surface area contributed by atoms with E-state index in [4.69, 9.17) is 0 Å². The van der Waals surface area contributed by atoms with Gasteiger partial charge in [-0.3, -0.25) is 4.79 Å². The third-order valence-electron chi connectivity index (χ3n) is 4.72. The number of amides is 1. The number of carbonyl (C=O) groups excluding carboxylic acids is 1. The first-order valence-corrected chi connectivity index (χ1v) is 9.27. The van der Waals surface area contributed by atoms with Gasteiger partial charge in [0.05, 0.1) is 10.8 Å². The molecule has 1 saturated heterocycles. The number of nitriles is 1. The molecule has 1 aromatic heterocycles. The summed E-state index contributed by atoms with van der Waals surface area (Å²) >= 11 is 1.68. The maximum absolute atomic E-state index is 12.9. The molecule has 0 bridgehead atoms. The number of piperazine rings is 1. The fourth-order valence-electron chi connectivity index (χ4n) is 3.40. The van der Waals surface area contributed by atoms with Crippen molar-refractivity contribution < 1.29 is 4.79 Å². The summed E-state index contributed by atoms with van der Waals surface area (Å²) in [7, 11) is 0. The van der Waals surface area contributed by atoms with Crippen LogP contribution in [0.4, 0.5) is 5.82 Å². The van der Waals surface area contributed by atoms with Gasteiger partial charge in [0.15, 0.2) is 0 Å². The SMILES string of the molecule is N#Cc1cccnc1N1CCN(C(=O)C2Cc3ccccc3S2)CC1. The molecule has 2 aliphatic heterocycles. The van der Waals surface area contributed by atoms with Gasteiger partial charge < -0.3 is 9.80 Å². The van der Waals surface area contributed by atoms with E-state index in [0.29, 0.717) is 31.7 Å². The Morgan fingerprint density at radius 3 is 2.72 bits per heavy atom. The van der Waals surface area contributed by atoms with Crippen LogP contribution in [0.5, 0.6) is 0 Å². The Morgan fingerprint density at radius 2 is 1.96 bits per heavy atom. The summed E-state index contributed by atoms with van der Waals surface area (Å²) in [6, 6.07) is 14.0. The Balaban J connectivity index is 1.39. The Bertz CT molecular complexity index is 814. The number of carbonyl (C=O) groups is 1. The highest BCUT2D eigenvalue weighted by molar-refractivity contribution is 8.01. The molecular formula is C19H18N4OS. The monoisotopic (exact) mass is 350 g/mol. The molecule has 1 fully saturated rings. The van der Waals surface area contributed by atoms with E-state index in [-0.39, 0.29) is 11.2 Å². The molecule has 1 amide bonds. The molecular weight excluding hydrogens is 332 g/mol. The second-order valence-electron chi connectivity index (χ2n) is 6.22. The van der Waals surface area contributed by atoms with E-state index in [2.05, 4.69) is 28.1 Å². The molecule has 0 aliphatic carbocycles. The first-order valence-electron chi connectivity index (χ1n) is 8.39. The molecule has 3 heterocycles. The Hall–Kier alpha value is -2.52. The van der Waals surface area contributed by atoms with E-state index in [0.717, 1.165) is 12.2 Å². The molecule has 0 saturated carbocycles. The molecule has 5 nitrogen and oxygen atoms in total. The molecule has 6 heteroatoms. The normalized spacial score (nSPS) is 19.4. The average molecular weight is 350 g/mol. The maximum Gasteiger partial charge on any atom is 0.236 e. The van der Waals surface area contributed by atoms with Crippen LogP contribution in [0.2, 0.25) is 0 Å². The van der Waals surface area contributed by atoms with Crippen LogP contribution in [-0.4, -0.2) is 47.2 Å². The lowest BCUT2D eigenvalue weighted by Crippen LogP contribution is -2.51. The van der Waals surface area contributed by atoms with Crippen LogP contribution in [0.15, 0.2) is 47.5 Å². The fraction of sp³-hybridized carbons (Fsp3) is 0.316.